The van der Waals surface area contributed by atoms with Gasteiger partial charge in [-0.3, -0.25) is 4.79 Å². The Morgan fingerprint density at radius 2 is 2.20 bits per heavy atom. The van der Waals surface area contributed by atoms with Crippen molar-refractivity contribution in [2.75, 3.05) is 13.6 Å². The van der Waals surface area contributed by atoms with E-state index in [9.17, 15) is 4.79 Å². The molecule has 0 aromatic heterocycles. The van der Waals surface area contributed by atoms with Crippen molar-refractivity contribution in [3.05, 3.63) is 47.9 Å². The molecule has 20 heavy (non-hydrogen) atoms. The van der Waals surface area contributed by atoms with Crippen molar-refractivity contribution >= 4 is 11.6 Å². The molecule has 0 aromatic rings. The number of hydrogen-bond acceptors (Lipinski definition) is 2. The summed E-state index contributed by atoms with van der Waals surface area (Å²) >= 11 is 0. The molecule has 0 saturated carbocycles. The summed E-state index contributed by atoms with van der Waals surface area (Å²) in [5, 5.41) is 3.11. The van der Waals surface area contributed by atoms with Gasteiger partial charge in [0.1, 0.15) is 7.05 Å². The lowest BCUT2D eigenvalue weighted by Gasteiger charge is -2.15. The van der Waals surface area contributed by atoms with Crippen LogP contribution in [-0.4, -0.2) is 29.8 Å². The lowest BCUT2D eigenvalue weighted by molar-refractivity contribution is -0.446. The van der Waals surface area contributed by atoms with Gasteiger partial charge in [0.2, 0.25) is 5.91 Å². The van der Waals surface area contributed by atoms with E-state index in [1.807, 2.05) is 6.08 Å². The zero-order chi connectivity index (χ0) is 14.4. The number of hydrogen-bond donors (Lipinski definition) is 2. The molecule has 2 rings (SSSR count). The molecule has 4 nitrogen and oxygen atoms in total. The monoisotopic (exact) mass is 272 g/mol. The van der Waals surface area contributed by atoms with Gasteiger partial charge < -0.3 is 11.1 Å². The van der Waals surface area contributed by atoms with Crippen LogP contribution in [0.25, 0.3) is 0 Å². The number of primary amides is 1. The van der Waals surface area contributed by atoms with Gasteiger partial charge in [0.25, 0.3) is 0 Å². The Balaban J connectivity index is 2.17. The van der Waals surface area contributed by atoms with Crippen LogP contribution in [0.3, 0.4) is 0 Å². The van der Waals surface area contributed by atoms with Crippen LogP contribution in [0.2, 0.25) is 0 Å². The molecule has 1 amide bonds. The second-order valence-electron chi connectivity index (χ2n) is 5.07. The molecular formula is C16H22N3O+. The maximum atomic E-state index is 10.8. The summed E-state index contributed by atoms with van der Waals surface area (Å²) in [5.74, 6) is -0.326. The van der Waals surface area contributed by atoms with Crippen molar-refractivity contribution < 1.29 is 9.37 Å². The van der Waals surface area contributed by atoms with Crippen molar-refractivity contribution in [2.24, 2.45) is 5.73 Å². The van der Waals surface area contributed by atoms with Crippen molar-refractivity contribution in [1.29, 1.82) is 0 Å². The van der Waals surface area contributed by atoms with Gasteiger partial charge in [-0.15, -0.1) is 0 Å². The minimum atomic E-state index is -0.326. The topological polar surface area (TPSA) is 58.1 Å². The SMILES string of the molecule is C[N+](C1=CC=CC=CC1)=C1C=C(NCC(N)=O)CCC1. The number of rotatable bonds is 4. The lowest BCUT2D eigenvalue weighted by atomic mass is 10.0. The maximum Gasteiger partial charge on any atom is 0.236 e. The zero-order valence-electron chi connectivity index (χ0n) is 11.9. The molecule has 0 aliphatic heterocycles. The molecular weight excluding hydrogens is 250 g/mol. The predicted octanol–water partition coefficient (Wildman–Crippen LogP) is 1.61. The fraction of sp³-hybridized carbons (Fsp3) is 0.375. The lowest BCUT2D eigenvalue weighted by Crippen LogP contribution is -2.30. The molecule has 2 aliphatic carbocycles. The number of nitrogens with one attached hydrogen (secondary N) is 1. The molecule has 0 heterocycles. The summed E-state index contributed by atoms with van der Waals surface area (Å²) in [6.07, 6.45) is 16.7. The van der Waals surface area contributed by atoms with E-state index in [1.165, 1.54) is 11.4 Å². The molecule has 3 N–H and O–H groups in total. The molecule has 0 fully saturated rings. The summed E-state index contributed by atoms with van der Waals surface area (Å²) in [4.78, 5) is 10.8. The molecule has 0 bridgehead atoms. The normalized spacial score (nSPS) is 20.9. The van der Waals surface area contributed by atoms with E-state index in [0.29, 0.717) is 0 Å². The summed E-state index contributed by atoms with van der Waals surface area (Å²) in [5.41, 5.74) is 8.81. The molecule has 2 aliphatic rings. The molecule has 0 unspecified atom stereocenters. The highest BCUT2D eigenvalue weighted by Crippen LogP contribution is 2.16. The van der Waals surface area contributed by atoms with E-state index in [1.54, 1.807) is 0 Å². The van der Waals surface area contributed by atoms with E-state index in [4.69, 9.17) is 5.73 Å². The largest absolute Gasteiger partial charge is 0.379 e. The third-order valence-electron chi connectivity index (χ3n) is 3.55. The standard InChI is InChI=1S/C16H21N3O/c1-19(14-8-4-2-3-5-9-14)15-10-6-7-13(11-15)18-12-16(17)20/h2-5,8,11H,6-7,9-10,12H2,1H3,(H2,17,20)/p+1. The maximum absolute atomic E-state index is 10.8. The number of amides is 1. The van der Waals surface area contributed by atoms with Crippen molar-refractivity contribution in [3.8, 4) is 0 Å². The van der Waals surface area contributed by atoms with E-state index in [-0.39, 0.29) is 12.5 Å². The minimum Gasteiger partial charge on any atom is -0.379 e. The second-order valence-corrected chi connectivity index (χ2v) is 5.07. The molecule has 4 heteroatoms. The first-order valence-corrected chi connectivity index (χ1v) is 7.01. The van der Waals surface area contributed by atoms with E-state index >= 15 is 0 Å². The van der Waals surface area contributed by atoms with Gasteiger partial charge in [0.05, 0.1) is 13.0 Å². The summed E-state index contributed by atoms with van der Waals surface area (Å²) in [6, 6.07) is 0. The van der Waals surface area contributed by atoms with Crippen molar-refractivity contribution in [3.63, 3.8) is 0 Å². The number of allylic oxidation sites excluding steroid dienone is 7. The third kappa shape index (κ3) is 3.95. The van der Waals surface area contributed by atoms with Crippen LogP contribution in [0.15, 0.2) is 47.9 Å². The van der Waals surface area contributed by atoms with E-state index in [2.05, 4.69) is 47.3 Å². The van der Waals surface area contributed by atoms with Gasteiger partial charge >= 0.3 is 0 Å². The van der Waals surface area contributed by atoms with Crippen LogP contribution in [0, 0.1) is 0 Å². The first kappa shape index (κ1) is 14.3. The fourth-order valence-electron chi connectivity index (χ4n) is 2.41. The Labute approximate surface area is 120 Å². The second kappa shape index (κ2) is 6.89. The van der Waals surface area contributed by atoms with Crippen LogP contribution < -0.4 is 11.1 Å². The summed E-state index contributed by atoms with van der Waals surface area (Å²) < 4.78 is 2.24. The Hall–Kier alpha value is -2.10. The smallest absolute Gasteiger partial charge is 0.236 e. The first-order valence-electron chi connectivity index (χ1n) is 7.01. The fourth-order valence-corrected chi connectivity index (χ4v) is 2.41. The Kier molecular flexibility index (Phi) is 4.93. The van der Waals surface area contributed by atoms with Crippen molar-refractivity contribution in [2.45, 2.75) is 25.7 Å². The Bertz CT molecular complexity index is 536. The molecule has 106 valence electrons. The third-order valence-corrected chi connectivity index (χ3v) is 3.55. The van der Waals surface area contributed by atoms with Crippen LogP contribution in [0.4, 0.5) is 0 Å². The summed E-state index contributed by atoms with van der Waals surface area (Å²) in [7, 11) is 2.10. The van der Waals surface area contributed by atoms with Crippen LogP contribution in [0.1, 0.15) is 25.7 Å². The average molecular weight is 272 g/mol. The number of carbonyl (C=O) groups excluding carboxylic acids is 1. The predicted molar refractivity (Wildman–Crippen MR) is 81.3 cm³/mol. The van der Waals surface area contributed by atoms with Crippen LogP contribution in [0.5, 0.6) is 0 Å². The van der Waals surface area contributed by atoms with Crippen molar-refractivity contribution in [1.82, 2.24) is 5.32 Å². The number of nitrogens with zero attached hydrogens (tertiary/aromatic N) is 1. The molecule has 0 spiro atoms. The highest BCUT2D eigenvalue weighted by atomic mass is 16.1. The quantitative estimate of drug-likeness (QED) is 0.764. The minimum absolute atomic E-state index is 0.205. The Morgan fingerprint density at radius 1 is 1.35 bits per heavy atom. The highest BCUT2D eigenvalue weighted by Gasteiger charge is 2.18. The van der Waals surface area contributed by atoms with Crippen LogP contribution in [-0.2, 0) is 4.79 Å². The molecule has 0 atom stereocenters. The van der Waals surface area contributed by atoms with E-state index in [0.717, 1.165) is 31.4 Å². The average Bonchev–Trinajstić information content (AvgIpc) is 2.73. The van der Waals surface area contributed by atoms with Gasteiger partial charge in [-0.05, 0) is 12.8 Å². The van der Waals surface area contributed by atoms with Gasteiger partial charge in [-0.1, -0.05) is 24.3 Å². The van der Waals surface area contributed by atoms with E-state index < -0.39 is 0 Å². The molecule has 0 radical (unpaired) electrons. The van der Waals surface area contributed by atoms with Crippen LogP contribution >= 0.6 is 0 Å². The first-order chi connectivity index (χ1) is 9.66. The number of carbonyl (C=O) groups is 1. The van der Waals surface area contributed by atoms with Gasteiger partial charge in [0.15, 0.2) is 11.4 Å². The number of nitrogens with two attached hydrogens (primary N) is 1. The van der Waals surface area contributed by atoms with Gasteiger partial charge in [0, 0.05) is 24.3 Å². The van der Waals surface area contributed by atoms with Gasteiger partial charge in [-0.25, -0.2) is 4.58 Å². The van der Waals surface area contributed by atoms with Gasteiger partial charge in [-0.2, -0.15) is 0 Å². The Morgan fingerprint density at radius 3 is 3.00 bits per heavy atom. The summed E-state index contributed by atoms with van der Waals surface area (Å²) in [6.45, 7) is 0.205. The zero-order valence-corrected chi connectivity index (χ0v) is 11.9. The molecule has 0 saturated heterocycles. The molecule has 0 aromatic carbocycles. The highest BCUT2D eigenvalue weighted by molar-refractivity contribution is 5.92.